The van der Waals surface area contributed by atoms with Crippen LogP contribution < -0.4 is 5.32 Å². The van der Waals surface area contributed by atoms with Gasteiger partial charge in [-0.25, -0.2) is 9.97 Å². The molecule has 0 bridgehead atoms. The van der Waals surface area contributed by atoms with Crippen molar-refractivity contribution in [2.45, 2.75) is 13.0 Å². The zero-order chi connectivity index (χ0) is 12.3. The van der Waals surface area contributed by atoms with E-state index in [2.05, 4.69) is 31.2 Å². The Morgan fingerprint density at radius 1 is 1.29 bits per heavy atom. The monoisotopic (exact) mass is 311 g/mol. The average Bonchev–Trinajstić information content (AvgIpc) is 2.32. The van der Waals surface area contributed by atoms with E-state index in [9.17, 15) is 0 Å². The van der Waals surface area contributed by atoms with E-state index in [-0.39, 0.29) is 6.04 Å². The third kappa shape index (κ3) is 3.41. The molecule has 1 heterocycles. The third-order valence-electron chi connectivity index (χ3n) is 2.31. The highest BCUT2D eigenvalue weighted by Crippen LogP contribution is 2.20. The number of nitrogens with zero attached hydrogens (tertiary/aromatic N) is 2. The maximum absolute atomic E-state index is 5.95. The molecule has 0 fully saturated rings. The van der Waals surface area contributed by atoms with Crippen molar-refractivity contribution in [3.63, 3.8) is 0 Å². The molecule has 2 aromatic rings. The van der Waals surface area contributed by atoms with Crippen LogP contribution >= 0.6 is 27.5 Å². The standard InChI is InChI=1S/C12H11BrClN3/c1-8(9-3-2-4-11(14)5-9)17-12-15-6-10(13)7-16-12/h2-8H,1H3,(H,15,16,17). The molecular formula is C12H11BrClN3. The van der Waals surface area contributed by atoms with Gasteiger partial charge in [0.2, 0.25) is 5.95 Å². The minimum atomic E-state index is 0.106. The van der Waals surface area contributed by atoms with Gasteiger partial charge in [-0.1, -0.05) is 23.7 Å². The summed E-state index contributed by atoms with van der Waals surface area (Å²) in [7, 11) is 0. The summed E-state index contributed by atoms with van der Waals surface area (Å²) in [6.07, 6.45) is 3.42. The molecule has 1 atom stereocenters. The van der Waals surface area contributed by atoms with Crippen molar-refractivity contribution in [2.24, 2.45) is 0 Å². The van der Waals surface area contributed by atoms with Crippen LogP contribution in [-0.2, 0) is 0 Å². The molecule has 0 aliphatic carbocycles. The molecule has 0 saturated heterocycles. The maximum atomic E-state index is 5.95. The number of aromatic nitrogens is 2. The highest BCUT2D eigenvalue weighted by atomic mass is 79.9. The topological polar surface area (TPSA) is 37.8 Å². The summed E-state index contributed by atoms with van der Waals surface area (Å²) in [6, 6.07) is 7.84. The molecule has 1 N–H and O–H groups in total. The molecule has 1 unspecified atom stereocenters. The lowest BCUT2D eigenvalue weighted by Gasteiger charge is -2.14. The first-order valence-electron chi connectivity index (χ1n) is 5.14. The van der Waals surface area contributed by atoms with E-state index in [0.717, 1.165) is 15.1 Å². The minimum Gasteiger partial charge on any atom is -0.348 e. The second kappa shape index (κ2) is 5.47. The summed E-state index contributed by atoms with van der Waals surface area (Å²) in [5, 5.41) is 3.94. The highest BCUT2D eigenvalue weighted by molar-refractivity contribution is 9.10. The highest BCUT2D eigenvalue weighted by Gasteiger charge is 2.06. The smallest absolute Gasteiger partial charge is 0.223 e. The van der Waals surface area contributed by atoms with Gasteiger partial charge in [-0.3, -0.25) is 0 Å². The molecule has 0 aliphatic rings. The number of rotatable bonds is 3. The first kappa shape index (κ1) is 12.3. The Hall–Kier alpha value is -1.13. The van der Waals surface area contributed by atoms with Gasteiger partial charge < -0.3 is 5.32 Å². The van der Waals surface area contributed by atoms with Gasteiger partial charge in [-0.2, -0.15) is 0 Å². The van der Waals surface area contributed by atoms with Crippen LogP contribution in [0.3, 0.4) is 0 Å². The van der Waals surface area contributed by atoms with E-state index in [0.29, 0.717) is 5.95 Å². The first-order valence-corrected chi connectivity index (χ1v) is 6.32. The van der Waals surface area contributed by atoms with Crippen LogP contribution in [0.4, 0.5) is 5.95 Å². The van der Waals surface area contributed by atoms with Crippen LogP contribution in [0.1, 0.15) is 18.5 Å². The Morgan fingerprint density at radius 2 is 2.00 bits per heavy atom. The van der Waals surface area contributed by atoms with Crippen LogP contribution in [0.2, 0.25) is 5.02 Å². The maximum Gasteiger partial charge on any atom is 0.223 e. The molecule has 0 spiro atoms. The van der Waals surface area contributed by atoms with E-state index in [1.54, 1.807) is 12.4 Å². The fraction of sp³-hybridized carbons (Fsp3) is 0.167. The lowest BCUT2D eigenvalue weighted by molar-refractivity contribution is 0.860. The van der Waals surface area contributed by atoms with Gasteiger partial charge in [-0.05, 0) is 40.5 Å². The van der Waals surface area contributed by atoms with E-state index in [1.807, 2.05) is 31.2 Å². The minimum absolute atomic E-state index is 0.106. The predicted molar refractivity (Wildman–Crippen MR) is 73.2 cm³/mol. The number of hydrogen-bond donors (Lipinski definition) is 1. The second-order valence-electron chi connectivity index (χ2n) is 3.65. The van der Waals surface area contributed by atoms with Crippen molar-refractivity contribution in [2.75, 3.05) is 5.32 Å². The Balaban J connectivity index is 2.11. The summed E-state index contributed by atoms with van der Waals surface area (Å²) in [5.74, 6) is 0.598. The molecule has 1 aromatic heterocycles. The van der Waals surface area contributed by atoms with Crippen molar-refractivity contribution in [1.82, 2.24) is 9.97 Å². The van der Waals surface area contributed by atoms with Gasteiger partial charge in [0.1, 0.15) is 0 Å². The Morgan fingerprint density at radius 3 is 2.65 bits per heavy atom. The lowest BCUT2D eigenvalue weighted by Crippen LogP contribution is -2.09. The Labute approximate surface area is 113 Å². The fourth-order valence-electron chi connectivity index (χ4n) is 1.44. The number of nitrogens with one attached hydrogen (secondary N) is 1. The summed E-state index contributed by atoms with van der Waals surface area (Å²) < 4.78 is 0.860. The van der Waals surface area contributed by atoms with Crippen molar-refractivity contribution >= 4 is 33.5 Å². The summed E-state index contributed by atoms with van der Waals surface area (Å²) in [4.78, 5) is 8.33. The molecule has 2 rings (SSSR count). The number of benzene rings is 1. The molecule has 0 saturated carbocycles. The lowest BCUT2D eigenvalue weighted by atomic mass is 10.1. The molecule has 0 radical (unpaired) electrons. The number of hydrogen-bond acceptors (Lipinski definition) is 3. The second-order valence-corrected chi connectivity index (χ2v) is 5.00. The van der Waals surface area contributed by atoms with Crippen molar-refractivity contribution in [3.05, 3.63) is 51.7 Å². The van der Waals surface area contributed by atoms with Gasteiger partial charge in [0.25, 0.3) is 0 Å². The quantitative estimate of drug-likeness (QED) is 0.928. The van der Waals surface area contributed by atoms with E-state index < -0.39 is 0 Å². The zero-order valence-corrected chi connectivity index (χ0v) is 11.5. The Bertz CT molecular complexity index is 501. The third-order valence-corrected chi connectivity index (χ3v) is 2.96. The van der Waals surface area contributed by atoms with Gasteiger partial charge in [0.05, 0.1) is 10.5 Å². The van der Waals surface area contributed by atoms with Crippen LogP contribution in [0.15, 0.2) is 41.1 Å². The largest absolute Gasteiger partial charge is 0.348 e. The van der Waals surface area contributed by atoms with Gasteiger partial charge >= 0.3 is 0 Å². The number of anilines is 1. The van der Waals surface area contributed by atoms with E-state index in [4.69, 9.17) is 11.6 Å². The molecule has 3 nitrogen and oxygen atoms in total. The van der Waals surface area contributed by atoms with Crippen LogP contribution in [0.25, 0.3) is 0 Å². The van der Waals surface area contributed by atoms with Crippen LogP contribution in [-0.4, -0.2) is 9.97 Å². The van der Waals surface area contributed by atoms with Crippen molar-refractivity contribution < 1.29 is 0 Å². The molecule has 88 valence electrons. The summed E-state index contributed by atoms with van der Waals surface area (Å²) in [6.45, 7) is 2.04. The van der Waals surface area contributed by atoms with Crippen LogP contribution in [0, 0.1) is 0 Å². The molecular weight excluding hydrogens is 302 g/mol. The molecule has 0 amide bonds. The van der Waals surface area contributed by atoms with Gasteiger partial charge in [-0.15, -0.1) is 0 Å². The Kier molecular flexibility index (Phi) is 3.97. The number of halogens is 2. The normalized spacial score (nSPS) is 12.2. The van der Waals surface area contributed by atoms with Crippen LogP contribution in [0.5, 0.6) is 0 Å². The van der Waals surface area contributed by atoms with Gasteiger partial charge in [0, 0.05) is 17.4 Å². The van der Waals surface area contributed by atoms with E-state index >= 15 is 0 Å². The molecule has 0 aliphatic heterocycles. The van der Waals surface area contributed by atoms with Crippen molar-refractivity contribution in [3.8, 4) is 0 Å². The molecule has 1 aromatic carbocycles. The van der Waals surface area contributed by atoms with E-state index in [1.165, 1.54) is 0 Å². The first-order chi connectivity index (χ1) is 8.15. The average molecular weight is 313 g/mol. The zero-order valence-electron chi connectivity index (χ0n) is 9.19. The van der Waals surface area contributed by atoms with Crippen molar-refractivity contribution in [1.29, 1.82) is 0 Å². The summed E-state index contributed by atoms with van der Waals surface area (Å²) >= 11 is 9.24. The SMILES string of the molecule is CC(Nc1ncc(Br)cn1)c1cccc(Cl)c1. The molecule has 17 heavy (non-hydrogen) atoms. The van der Waals surface area contributed by atoms with Gasteiger partial charge in [0.15, 0.2) is 0 Å². The predicted octanol–water partition coefficient (Wildman–Crippen LogP) is 4.07. The molecule has 5 heteroatoms. The summed E-state index contributed by atoms with van der Waals surface area (Å²) in [5.41, 5.74) is 1.10. The fourth-order valence-corrected chi connectivity index (χ4v) is 1.84.